The van der Waals surface area contributed by atoms with Crippen LogP contribution < -0.4 is 10.9 Å². The Morgan fingerprint density at radius 1 is 1.08 bits per heavy atom. The number of aromatic nitrogens is 3. The molecule has 2 heterocycles. The lowest BCUT2D eigenvalue weighted by atomic mass is 10.0. The van der Waals surface area contributed by atoms with Crippen LogP contribution in [-0.2, 0) is 29.2 Å². The highest BCUT2D eigenvalue weighted by Gasteiger charge is 2.18. The van der Waals surface area contributed by atoms with E-state index in [0.717, 1.165) is 40.7 Å². The lowest BCUT2D eigenvalue weighted by molar-refractivity contribution is 0.102. The van der Waals surface area contributed by atoms with Gasteiger partial charge in [-0.05, 0) is 59.6 Å². The van der Waals surface area contributed by atoms with Crippen LogP contribution in [0.25, 0.3) is 11.6 Å². The summed E-state index contributed by atoms with van der Waals surface area (Å²) in [6.07, 6.45) is 10.9. The van der Waals surface area contributed by atoms with E-state index >= 15 is 0 Å². The van der Waals surface area contributed by atoms with Gasteiger partial charge in [-0.2, -0.15) is 5.10 Å². The van der Waals surface area contributed by atoms with Crippen LogP contribution in [0.5, 0.6) is 0 Å². The number of amides is 1. The molecular weight excluding hydrogens is 512 g/mol. The predicted molar refractivity (Wildman–Crippen MR) is 153 cm³/mol. The number of hydrogen-bond acceptors (Lipinski definition) is 5. The number of rotatable bonds is 10. The molecule has 0 radical (unpaired) electrons. The Kier molecular flexibility index (Phi) is 7.60. The van der Waals surface area contributed by atoms with Crippen molar-refractivity contribution < 1.29 is 13.2 Å². The molecule has 0 atom stereocenters. The Labute approximate surface area is 227 Å². The molecule has 0 saturated heterocycles. The molecular formula is C30H30N4O4S. The van der Waals surface area contributed by atoms with E-state index in [9.17, 15) is 18.0 Å². The Bertz CT molecular complexity index is 1700. The van der Waals surface area contributed by atoms with Crippen LogP contribution in [0.2, 0.25) is 0 Å². The molecule has 1 aliphatic carbocycles. The molecule has 1 amide bonds. The molecule has 2 N–H and O–H groups in total. The molecule has 5 rings (SSSR count). The number of unbranched alkanes of at least 4 members (excludes halogenated alkanes) is 1. The molecule has 39 heavy (non-hydrogen) atoms. The minimum absolute atomic E-state index is 0.202. The third-order valence-electron chi connectivity index (χ3n) is 6.74. The Morgan fingerprint density at radius 2 is 1.90 bits per heavy atom. The van der Waals surface area contributed by atoms with Crippen molar-refractivity contribution in [1.29, 1.82) is 0 Å². The Morgan fingerprint density at radius 3 is 2.69 bits per heavy atom. The summed E-state index contributed by atoms with van der Waals surface area (Å²) in [6.45, 7) is 0.563. The molecule has 0 bridgehead atoms. The van der Waals surface area contributed by atoms with Crippen molar-refractivity contribution in [3.05, 3.63) is 117 Å². The minimum atomic E-state index is -2.94. The lowest BCUT2D eigenvalue weighted by Gasteiger charge is -2.07. The molecule has 0 aliphatic heterocycles. The second-order valence-electron chi connectivity index (χ2n) is 9.96. The molecule has 0 saturated carbocycles. The van der Waals surface area contributed by atoms with Gasteiger partial charge in [-0.15, -0.1) is 0 Å². The second kappa shape index (κ2) is 11.2. The number of fused-ring (bicyclic) bond motifs is 1. The van der Waals surface area contributed by atoms with E-state index in [4.69, 9.17) is 0 Å². The topological polar surface area (TPSA) is 114 Å². The number of carbonyl (C=O) groups is 1. The summed E-state index contributed by atoms with van der Waals surface area (Å²) in [5.74, 6) is -0.107. The zero-order valence-electron chi connectivity index (χ0n) is 21.7. The van der Waals surface area contributed by atoms with Gasteiger partial charge in [0.05, 0.1) is 24.0 Å². The molecule has 0 fully saturated rings. The number of sulfone groups is 1. The molecule has 1 aliphatic rings. The molecule has 8 nitrogen and oxygen atoms in total. The normalized spacial score (nSPS) is 12.7. The first kappa shape index (κ1) is 26.4. The van der Waals surface area contributed by atoms with Gasteiger partial charge in [0.2, 0.25) is 0 Å². The number of carbonyl (C=O) groups excluding carboxylic acids is 1. The predicted octanol–water partition coefficient (Wildman–Crippen LogP) is 4.34. The second-order valence-corrected chi connectivity index (χ2v) is 12.2. The number of pyridine rings is 1. The maximum absolute atomic E-state index is 12.9. The van der Waals surface area contributed by atoms with Crippen molar-refractivity contribution in [2.45, 2.75) is 32.2 Å². The molecule has 0 unspecified atom stereocenters. The average Bonchev–Trinajstić information content (AvgIpc) is 3.55. The van der Waals surface area contributed by atoms with E-state index in [1.165, 1.54) is 18.6 Å². The molecule has 0 spiro atoms. The number of nitrogens with one attached hydrogen (secondary N) is 2. The fourth-order valence-corrected chi connectivity index (χ4v) is 5.47. The summed E-state index contributed by atoms with van der Waals surface area (Å²) in [5, 5.41) is 7.16. The highest BCUT2D eigenvalue weighted by molar-refractivity contribution is 7.90. The van der Waals surface area contributed by atoms with Crippen molar-refractivity contribution in [1.82, 2.24) is 14.8 Å². The number of aromatic amines is 1. The maximum Gasteiger partial charge on any atom is 0.258 e. The molecule has 4 aromatic rings. The number of benzene rings is 2. The first-order valence-corrected chi connectivity index (χ1v) is 14.9. The smallest absolute Gasteiger partial charge is 0.258 e. The SMILES string of the molecule is CS(=O)(=O)CCCCc1ccc2c(c1)C=C(c1cc(NC(=O)c3cnn(Cc4ccccc4)c3)c[nH]c1=O)C2. The molecule has 9 heteroatoms. The van der Waals surface area contributed by atoms with E-state index < -0.39 is 9.84 Å². The third kappa shape index (κ3) is 6.80. The lowest BCUT2D eigenvalue weighted by Crippen LogP contribution is -2.16. The molecule has 2 aromatic carbocycles. The van der Waals surface area contributed by atoms with Crippen LogP contribution in [0.15, 0.2) is 78.0 Å². The Hall–Kier alpha value is -4.24. The number of hydrogen-bond donors (Lipinski definition) is 2. The molecule has 200 valence electrons. The van der Waals surface area contributed by atoms with Gasteiger partial charge in [0.1, 0.15) is 9.84 Å². The van der Waals surface area contributed by atoms with Crippen LogP contribution in [0.1, 0.15) is 51.0 Å². The number of H-pyrrole nitrogens is 1. The maximum atomic E-state index is 12.9. The average molecular weight is 543 g/mol. The van der Waals surface area contributed by atoms with Crippen LogP contribution in [0.4, 0.5) is 5.69 Å². The van der Waals surface area contributed by atoms with Crippen molar-refractivity contribution in [3.63, 3.8) is 0 Å². The zero-order chi connectivity index (χ0) is 27.4. The molecule has 2 aromatic heterocycles. The zero-order valence-corrected chi connectivity index (χ0v) is 22.5. The van der Waals surface area contributed by atoms with Gasteiger partial charge >= 0.3 is 0 Å². The number of allylic oxidation sites excluding steroid dienone is 1. The van der Waals surface area contributed by atoms with E-state index in [-0.39, 0.29) is 17.2 Å². The Balaban J connectivity index is 1.25. The van der Waals surface area contributed by atoms with Gasteiger partial charge in [0.25, 0.3) is 11.5 Å². The highest BCUT2D eigenvalue weighted by Crippen LogP contribution is 2.32. The van der Waals surface area contributed by atoms with Crippen molar-refractivity contribution in [3.8, 4) is 0 Å². The van der Waals surface area contributed by atoms with Crippen LogP contribution in [0, 0.1) is 0 Å². The van der Waals surface area contributed by atoms with Crippen molar-refractivity contribution in [2.24, 2.45) is 0 Å². The van der Waals surface area contributed by atoms with Crippen molar-refractivity contribution in [2.75, 3.05) is 17.3 Å². The highest BCUT2D eigenvalue weighted by atomic mass is 32.2. The van der Waals surface area contributed by atoms with Gasteiger partial charge in [-0.3, -0.25) is 14.3 Å². The minimum Gasteiger partial charge on any atom is -0.326 e. The van der Waals surface area contributed by atoms with Gasteiger partial charge < -0.3 is 10.3 Å². The monoisotopic (exact) mass is 542 g/mol. The van der Waals surface area contributed by atoms with Gasteiger partial charge in [-0.25, -0.2) is 8.42 Å². The first-order chi connectivity index (χ1) is 18.7. The number of nitrogens with zero attached hydrogens (tertiary/aromatic N) is 2. The fourth-order valence-electron chi connectivity index (χ4n) is 4.74. The van der Waals surface area contributed by atoms with Gasteiger partial charge in [-0.1, -0.05) is 54.6 Å². The summed E-state index contributed by atoms with van der Waals surface area (Å²) < 4.78 is 24.4. The first-order valence-electron chi connectivity index (χ1n) is 12.8. The summed E-state index contributed by atoms with van der Waals surface area (Å²) >= 11 is 0. The summed E-state index contributed by atoms with van der Waals surface area (Å²) in [5.41, 5.74) is 6.51. The van der Waals surface area contributed by atoms with E-state index in [0.29, 0.717) is 36.2 Å². The number of aryl methyl sites for hydroxylation is 1. The van der Waals surface area contributed by atoms with E-state index in [2.05, 4.69) is 33.6 Å². The quantitative estimate of drug-likeness (QED) is 0.290. The summed E-state index contributed by atoms with van der Waals surface area (Å²) in [7, 11) is -2.94. The van der Waals surface area contributed by atoms with Gasteiger partial charge in [0, 0.05) is 30.0 Å². The van der Waals surface area contributed by atoms with Gasteiger partial charge in [0.15, 0.2) is 0 Å². The number of anilines is 1. The van der Waals surface area contributed by atoms with Crippen LogP contribution >= 0.6 is 0 Å². The summed E-state index contributed by atoms with van der Waals surface area (Å²) in [6, 6.07) is 17.8. The van der Waals surface area contributed by atoms with Crippen LogP contribution in [-0.4, -0.2) is 41.1 Å². The van der Waals surface area contributed by atoms with E-state index in [1.54, 1.807) is 16.9 Å². The fraction of sp³-hybridized carbons (Fsp3) is 0.233. The standard InChI is InChI=1S/C30H30N4O4S/c1-39(37,38)12-6-5-7-21-10-11-23-14-25(15-24(23)13-21)28-16-27(18-31-30(28)36)33-29(35)26-17-32-34(20-26)19-22-8-3-2-4-9-22/h2-4,8-11,13,15-18,20H,5-7,12,14,19H2,1H3,(H,31,36)(H,33,35). The largest absolute Gasteiger partial charge is 0.326 e. The van der Waals surface area contributed by atoms with Crippen LogP contribution in [0.3, 0.4) is 0 Å². The van der Waals surface area contributed by atoms with Crippen molar-refractivity contribution >= 4 is 33.1 Å². The third-order valence-corrected chi connectivity index (χ3v) is 7.77. The summed E-state index contributed by atoms with van der Waals surface area (Å²) in [4.78, 5) is 28.3. The van der Waals surface area contributed by atoms with E-state index in [1.807, 2.05) is 36.4 Å².